The zero-order chi connectivity index (χ0) is 16.9. The molecule has 1 aromatic rings. The molecule has 0 aromatic heterocycles. The molecule has 0 bridgehead atoms. The molecule has 0 radical (unpaired) electrons. The molecule has 0 spiro atoms. The third-order valence-corrected chi connectivity index (χ3v) is 4.24. The number of nitrogens with zero attached hydrogens (tertiary/aromatic N) is 1. The third-order valence-electron chi connectivity index (χ3n) is 4.24. The number of amides is 2. The van der Waals surface area contributed by atoms with E-state index in [9.17, 15) is 9.59 Å². The monoisotopic (exact) mass is 319 g/mol. The first kappa shape index (κ1) is 17.3. The maximum Gasteiger partial charge on any atom is 0.243 e. The molecule has 126 valence electrons. The van der Waals surface area contributed by atoms with E-state index in [4.69, 9.17) is 4.74 Å². The summed E-state index contributed by atoms with van der Waals surface area (Å²) in [6, 6.07) is 7.16. The molecule has 2 N–H and O–H groups in total. The van der Waals surface area contributed by atoms with Crippen molar-refractivity contribution < 1.29 is 14.3 Å². The van der Waals surface area contributed by atoms with Crippen molar-refractivity contribution in [1.82, 2.24) is 10.2 Å². The molecule has 1 unspecified atom stereocenters. The van der Waals surface area contributed by atoms with Gasteiger partial charge in [-0.15, -0.1) is 0 Å². The molecule has 1 saturated heterocycles. The van der Waals surface area contributed by atoms with Crippen LogP contribution in [0.25, 0.3) is 0 Å². The van der Waals surface area contributed by atoms with E-state index in [2.05, 4.69) is 10.6 Å². The fourth-order valence-corrected chi connectivity index (χ4v) is 2.78. The summed E-state index contributed by atoms with van der Waals surface area (Å²) in [4.78, 5) is 26.5. The quantitative estimate of drug-likeness (QED) is 0.833. The lowest BCUT2D eigenvalue weighted by Crippen LogP contribution is -2.46. The first-order chi connectivity index (χ1) is 11.0. The van der Waals surface area contributed by atoms with Crippen LogP contribution < -0.4 is 15.4 Å². The average Bonchev–Trinajstić information content (AvgIpc) is 3.00. The van der Waals surface area contributed by atoms with Gasteiger partial charge in [-0.25, -0.2) is 0 Å². The highest BCUT2D eigenvalue weighted by atomic mass is 16.5. The number of carbonyl (C=O) groups is 2. The number of ether oxygens (including phenoxy) is 1. The van der Waals surface area contributed by atoms with Crippen molar-refractivity contribution in [3.63, 3.8) is 0 Å². The normalized spacial score (nSPS) is 20.1. The molecule has 1 aromatic carbocycles. The minimum absolute atomic E-state index is 0.0331. The predicted octanol–water partition coefficient (Wildman–Crippen LogP) is 1.48. The highest BCUT2D eigenvalue weighted by Crippen LogP contribution is 2.27. The van der Waals surface area contributed by atoms with Crippen LogP contribution >= 0.6 is 0 Å². The molecule has 2 amide bonds. The molecule has 1 aliphatic heterocycles. The Morgan fingerprint density at radius 3 is 2.83 bits per heavy atom. The van der Waals surface area contributed by atoms with E-state index < -0.39 is 5.41 Å². The zero-order valence-electron chi connectivity index (χ0n) is 14.0. The molecular weight excluding hydrogens is 294 g/mol. The zero-order valence-corrected chi connectivity index (χ0v) is 14.0. The van der Waals surface area contributed by atoms with E-state index in [1.807, 2.05) is 26.0 Å². The molecular formula is C17H25N3O3. The Labute approximate surface area is 137 Å². The van der Waals surface area contributed by atoms with E-state index in [1.54, 1.807) is 24.1 Å². The van der Waals surface area contributed by atoms with Gasteiger partial charge in [0.15, 0.2) is 0 Å². The summed E-state index contributed by atoms with van der Waals surface area (Å²) < 4.78 is 5.13. The maximum atomic E-state index is 12.7. The van der Waals surface area contributed by atoms with Crippen molar-refractivity contribution in [3.8, 4) is 5.75 Å². The maximum absolute atomic E-state index is 12.7. The molecule has 6 heteroatoms. The minimum Gasteiger partial charge on any atom is -0.497 e. The van der Waals surface area contributed by atoms with E-state index in [0.717, 1.165) is 13.0 Å². The number of hydrogen-bond acceptors (Lipinski definition) is 4. The fraction of sp³-hybridized carbons (Fsp3) is 0.529. The number of likely N-dealkylation sites (N-methyl/N-ethyl adjacent to an activating group) is 1. The smallest absolute Gasteiger partial charge is 0.243 e. The highest BCUT2D eigenvalue weighted by Gasteiger charge is 2.39. The standard InChI is InChI=1S/C17H25N3O3/c1-4-20(16(22)17(2)8-9-18-12-17)11-15(21)19-13-6-5-7-14(10-13)23-3/h5-7,10,18H,4,8-9,11-12H2,1-3H3,(H,19,21). The molecule has 1 fully saturated rings. The van der Waals surface area contributed by atoms with E-state index in [1.165, 1.54) is 0 Å². The van der Waals surface area contributed by atoms with Crippen molar-refractivity contribution in [2.24, 2.45) is 5.41 Å². The molecule has 0 saturated carbocycles. The van der Waals surface area contributed by atoms with E-state index in [0.29, 0.717) is 24.5 Å². The van der Waals surface area contributed by atoms with Crippen LogP contribution in [0.4, 0.5) is 5.69 Å². The predicted molar refractivity (Wildman–Crippen MR) is 89.5 cm³/mol. The van der Waals surface area contributed by atoms with Gasteiger partial charge in [-0.2, -0.15) is 0 Å². The van der Waals surface area contributed by atoms with Gasteiger partial charge >= 0.3 is 0 Å². The number of benzene rings is 1. The second kappa shape index (κ2) is 7.46. The first-order valence-electron chi connectivity index (χ1n) is 7.92. The number of rotatable bonds is 6. The van der Waals surface area contributed by atoms with Crippen LogP contribution in [-0.4, -0.2) is 50.0 Å². The lowest BCUT2D eigenvalue weighted by atomic mass is 9.88. The van der Waals surface area contributed by atoms with Crippen LogP contribution in [0.15, 0.2) is 24.3 Å². The van der Waals surface area contributed by atoms with Gasteiger partial charge in [0, 0.05) is 24.8 Å². The summed E-state index contributed by atoms with van der Waals surface area (Å²) >= 11 is 0. The SMILES string of the molecule is CCN(CC(=O)Nc1cccc(OC)c1)C(=O)C1(C)CCNC1. The van der Waals surface area contributed by atoms with Gasteiger partial charge < -0.3 is 20.3 Å². The minimum atomic E-state index is -0.410. The van der Waals surface area contributed by atoms with Crippen molar-refractivity contribution in [3.05, 3.63) is 24.3 Å². The second-order valence-corrected chi connectivity index (χ2v) is 6.09. The van der Waals surface area contributed by atoms with Crippen LogP contribution in [0.1, 0.15) is 20.3 Å². The summed E-state index contributed by atoms with van der Waals surface area (Å²) in [6.45, 7) is 5.93. The Morgan fingerprint density at radius 1 is 1.43 bits per heavy atom. The summed E-state index contributed by atoms with van der Waals surface area (Å²) in [5.74, 6) is 0.504. The van der Waals surface area contributed by atoms with Crippen molar-refractivity contribution in [2.75, 3.05) is 38.6 Å². The summed E-state index contributed by atoms with van der Waals surface area (Å²) in [5.41, 5.74) is 0.248. The third kappa shape index (κ3) is 4.22. The summed E-state index contributed by atoms with van der Waals surface area (Å²) in [7, 11) is 1.58. The Kier molecular flexibility index (Phi) is 5.60. The van der Waals surface area contributed by atoms with Gasteiger partial charge in [0.1, 0.15) is 5.75 Å². The van der Waals surface area contributed by atoms with Gasteiger partial charge in [0.25, 0.3) is 0 Å². The summed E-state index contributed by atoms with van der Waals surface area (Å²) in [6.07, 6.45) is 0.805. The number of carbonyl (C=O) groups excluding carboxylic acids is 2. The Bertz CT molecular complexity index is 568. The van der Waals surface area contributed by atoms with Gasteiger partial charge in [0.05, 0.1) is 19.1 Å². The van der Waals surface area contributed by atoms with Crippen molar-refractivity contribution >= 4 is 17.5 Å². The molecule has 1 atom stereocenters. The lowest BCUT2D eigenvalue weighted by Gasteiger charge is -2.30. The van der Waals surface area contributed by atoms with Crippen molar-refractivity contribution in [1.29, 1.82) is 0 Å². The van der Waals surface area contributed by atoms with Gasteiger partial charge in [-0.3, -0.25) is 9.59 Å². The molecule has 0 aliphatic carbocycles. The fourth-order valence-electron chi connectivity index (χ4n) is 2.78. The number of methoxy groups -OCH3 is 1. The molecule has 23 heavy (non-hydrogen) atoms. The van der Waals surface area contributed by atoms with Crippen LogP contribution in [0.3, 0.4) is 0 Å². The highest BCUT2D eigenvalue weighted by molar-refractivity contribution is 5.95. The number of nitrogens with one attached hydrogen (secondary N) is 2. The topological polar surface area (TPSA) is 70.7 Å². The van der Waals surface area contributed by atoms with Gasteiger partial charge in [-0.05, 0) is 38.9 Å². The van der Waals surface area contributed by atoms with Gasteiger partial charge in [-0.1, -0.05) is 6.07 Å². The van der Waals surface area contributed by atoms with Crippen LogP contribution in [-0.2, 0) is 9.59 Å². The Hall–Kier alpha value is -2.08. The Balaban J connectivity index is 1.97. The molecule has 1 aliphatic rings. The van der Waals surface area contributed by atoms with Crippen LogP contribution in [0.2, 0.25) is 0 Å². The van der Waals surface area contributed by atoms with Gasteiger partial charge in [0.2, 0.25) is 11.8 Å². The average molecular weight is 319 g/mol. The van der Waals surface area contributed by atoms with Crippen LogP contribution in [0.5, 0.6) is 5.75 Å². The largest absolute Gasteiger partial charge is 0.497 e. The van der Waals surface area contributed by atoms with E-state index in [-0.39, 0.29) is 18.4 Å². The second-order valence-electron chi connectivity index (χ2n) is 6.09. The van der Waals surface area contributed by atoms with E-state index >= 15 is 0 Å². The Morgan fingerprint density at radius 2 is 2.22 bits per heavy atom. The number of anilines is 1. The lowest BCUT2D eigenvalue weighted by molar-refractivity contribution is -0.142. The first-order valence-corrected chi connectivity index (χ1v) is 7.92. The number of hydrogen-bond donors (Lipinski definition) is 2. The van der Waals surface area contributed by atoms with Crippen LogP contribution in [0, 0.1) is 5.41 Å². The molecule has 2 rings (SSSR count). The molecule has 6 nitrogen and oxygen atoms in total. The summed E-state index contributed by atoms with van der Waals surface area (Å²) in [5, 5.41) is 6.03. The molecule has 1 heterocycles. The van der Waals surface area contributed by atoms with Crippen molar-refractivity contribution in [2.45, 2.75) is 20.3 Å².